The zero-order chi connectivity index (χ0) is 24.5. The summed E-state index contributed by atoms with van der Waals surface area (Å²) in [4.78, 5) is 53.8. The van der Waals surface area contributed by atoms with Crippen LogP contribution in [0.1, 0.15) is 26.2 Å². The van der Waals surface area contributed by atoms with Crippen molar-refractivity contribution in [1.29, 1.82) is 0 Å². The van der Waals surface area contributed by atoms with E-state index in [1.165, 1.54) is 4.90 Å². The summed E-state index contributed by atoms with van der Waals surface area (Å²) >= 11 is 0. The second-order valence-electron chi connectivity index (χ2n) is 8.89. The predicted molar refractivity (Wildman–Crippen MR) is 128 cm³/mol. The van der Waals surface area contributed by atoms with Crippen LogP contribution in [0.5, 0.6) is 11.5 Å². The molecule has 0 unspecified atom stereocenters. The number of allylic oxidation sites excluding steroid dienone is 2. The third kappa shape index (κ3) is 4.20. The zero-order valence-electron chi connectivity index (χ0n) is 19.4. The molecule has 2 saturated heterocycles. The van der Waals surface area contributed by atoms with Crippen molar-refractivity contribution < 1.29 is 28.7 Å². The van der Waals surface area contributed by atoms with Gasteiger partial charge in [0.25, 0.3) is 0 Å². The summed E-state index contributed by atoms with van der Waals surface area (Å²) in [7, 11) is 0. The van der Waals surface area contributed by atoms with Crippen molar-refractivity contribution in [2.24, 2.45) is 17.8 Å². The highest BCUT2D eigenvalue weighted by Gasteiger charge is 2.47. The van der Waals surface area contributed by atoms with Gasteiger partial charge in [-0.15, -0.1) is 0 Å². The van der Waals surface area contributed by atoms with Gasteiger partial charge >= 0.3 is 5.97 Å². The van der Waals surface area contributed by atoms with E-state index in [0.717, 1.165) is 0 Å². The first kappa shape index (κ1) is 22.8. The number of ether oxygens (including phenoxy) is 2. The SMILES string of the molecule is CCOc1ccccc1N1C[C@H](C(=O)Oc2ccc(N3C(=O)[C@H]4CC=CC[C@H]4C3=O)cc2)CC1=O. The Labute approximate surface area is 203 Å². The van der Waals surface area contributed by atoms with Crippen molar-refractivity contribution in [1.82, 2.24) is 0 Å². The van der Waals surface area contributed by atoms with Gasteiger partial charge in [0.1, 0.15) is 11.5 Å². The first-order chi connectivity index (χ1) is 17.0. The molecule has 0 bridgehead atoms. The lowest BCUT2D eigenvalue weighted by molar-refractivity contribution is -0.139. The third-order valence-electron chi connectivity index (χ3n) is 6.74. The maximum absolute atomic E-state index is 12.8. The number of fused-ring (bicyclic) bond motifs is 1. The largest absolute Gasteiger partial charge is 0.492 e. The molecular weight excluding hydrogens is 448 g/mol. The second-order valence-corrected chi connectivity index (χ2v) is 8.89. The number of amides is 3. The summed E-state index contributed by atoms with van der Waals surface area (Å²) in [5.74, 6) is -1.40. The van der Waals surface area contributed by atoms with Crippen LogP contribution in [0.15, 0.2) is 60.7 Å². The number of hydrogen-bond acceptors (Lipinski definition) is 6. The Hall–Kier alpha value is -3.94. The lowest BCUT2D eigenvalue weighted by Gasteiger charge is -2.20. The van der Waals surface area contributed by atoms with Crippen LogP contribution in [-0.4, -0.2) is 36.8 Å². The molecule has 2 fully saturated rings. The van der Waals surface area contributed by atoms with Crippen molar-refractivity contribution >= 4 is 35.1 Å². The normalized spacial score (nSPS) is 23.6. The van der Waals surface area contributed by atoms with Gasteiger partial charge < -0.3 is 14.4 Å². The summed E-state index contributed by atoms with van der Waals surface area (Å²) in [5, 5.41) is 0. The molecule has 180 valence electrons. The van der Waals surface area contributed by atoms with E-state index in [1.54, 1.807) is 41.3 Å². The van der Waals surface area contributed by atoms with Crippen molar-refractivity contribution in [2.45, 2.75) is 26.2 Å². The van der Waals surface area contributed by atoms with Gasteiger partial charge in [0, 0.05) is 13.0 Å². The Morgan fingerprint density at radius 3 is 2.26 bits per heavy atom. The Morgan fingerprint density at radius 1 is 0.943 bits per heavy atom. The van der Waals surface area contributed by atoms with Gasteiger partial charge in [-0.1, -0.05) is 24.3 Å². The molecule has 5 rings (SSSR count). The van der Waals surface area contributed by atoms with Crippen LogP contribution in [0.2, 0.25) is 0 Å². The molecular formula is C27H26N2O6. The number of nitrogens with zero attached hydrogens (tertiary/aromatic N) is 2. The van der Waals surface area contributed by atoms with E-state index < -0.39 is 11.9 Å². The second kappa shape index (κ2) is 9.37. The van der Waals surface area contributed by atoms with Gasteiger partial charge in [-0.05, 0) is 56.2 Å². The van der Waals surface area contributed by atoms with Gasteiger partial charge in [-0.25, -0.2) is 0 Å². The highest BCUT2D eigenvalue weighted by Crippen LogP contribution is 2.38. The lowest BCUT2D eigenvalue weighted by Crippen LogP contribution is -2.30. The quantitative estimate of drug-likeness (QED) is 0.275. The molecule has 0 radical (unpaired) electrons. The Morgan fingerprint density at radius 2 is 1.60 bits per heavy atom. The molecule has 0 saturated carbocycles. The molecule has 3 atom stereocenters. The van der Waals surface area contributed by atoms with E-state index in [-0.39, 0.29) is 48.3 Å². The molecule has 35 heavy (non-hydrogen) atoms. The first-order valence-corrected chi connectivity index (χ1v) is 11.8. The van der Waals surface area contributed by atoms with Crippen LogP contribution in [0, 0.1) is 17.8 Å². The fourth-order valence-electron chi connectivity index (χ4n) is 4.97. The standard InChI is InChI=1S/C27H26N2O6/c1-2-34-23-10-6-5-9-22(23)28-16-17(15-24(28)30)27(33)35-19-13-11-18(12-14-19)29-25(31)20-7-3-4-8-21(20)26(29)32/h3-6,9-14,17,20-21H,2,7-8,15-16H2,1H3/t17-,20-,21+/m1/s1. The minimum absolute atomic E-state index is 0.0466. The first-order valence-electron chi connectivity index (χ1n) is 11.8. The van der Waals surface area contributed by atoms with E-state index in [2.05, 4.69) is 0 Å². The molecule has 2 heterocycles. The number of hydrogen-bond donors (Lipinski definition) is 0. The lowest BCUT2D eigenvalue weighted by atomic mass is 9.85. The van der Waals surface area contributed by atoms with Crippen molar-refractivity contribution in [3.63, 3.8) is 0 Å². The topological polar surface area (TPSA) is 93.2 Å². The van der Waals surface area contributed by atoms with Crippen LogP contribution < -0.4 is 19.3 Å². The Kier molecular flexibility index (Phi) is 6.11. The molecule has 8 nitrogen and oxygen atoms in total. The zero-order valence-corrected chi connectivity index (χ0v) is 19.4. The van der Waals surface area contributed by atoms with Gasteiger partial charge in [-0.3, -0.25) is 24.1 Å². The average Bonchev–Trinajstić information content (AvgIpc) is 3.38. The van der Waals surface area contributed by atoms with Crippen LogP contribution in [0.4, 0.5) is 11.4 Å². The summed E-state index contributed by atoms with van der Waals surface area (Å²) in [5.41, 5.74) is 1.10. The summed E-state index contributed by atoms with van der Waals surface area (Å²) < 4.78 is 11.2. The van der Waals surface area contributed by atoms with Crippen molar-refractivity contribution in [3.05, 3.63) is 60.7 Å². The number of benzene rings is 2. The molecule has 2 aliphatic heterocycles. The number of rotatable bonds is 6. The molecule has 3 amide bonds. The van der Waals surface area contributed by atoms with Gasteiger partial charge in [-0.2, -0.15) is 0 Å². The smallest absolute Gasteiger partial charge is 0.316 e. The van der Waals surface area contributed by atoms with E-state index >= 15 is 0 Å². The van der Waals surface area contributed by atoms with E-state index in [1.807, 2.05) is 31.2 Å². The fraction of sp³-hybridized carbons (Fsp3) is 0.333. The van der Waals surface area contributed by atoms with Crippen LogP contribution in [0.3, 0.4) is 0 Å². The molecule has 8 heteroatoms. The highest BCUT2D eigenvalue weighted by molar-refractivity contribution is 6.22. The van der Waals surface area contributed by atoms with Crippen LogP contribution in [0.25, 0.3) is 0 Å². The number of carbonyl (C=O) groups excluding carboxylic acids is 4. The molecule has 2 aromatic carbocycles. The maximum Gasteiger partial charge on any atom is 0.316 e. The van der Waals surface area contributed by atoms with E-state index in [0.29, 0.717) is 36.6 Å². The van der Waals surface area contributed by atoms with Gasteiger partial charge in [0.05, 0.1) is 35.7 Å². The summed E-state index contributed by atoms with van der Waals surface area (Å²) in [6.45, 7) is 2.54. The average molecular weight is 475 g/mol. The van der Waals surface area contributed by atoms with Crippen LogP contribution in [-0.2, 0) is 19.2 Å². The minimum Gasteiger partial charge on any atom is -0.492 e. The third-order valence-corrected chi connectivity index (χ3v) is 6.74. The fourth-order valence-corrected chi connectivity index (χ4v) is 4.97. The van der Waals surface area contributed by atoms with Gasteiger partial charge in [0.15, 0.2) is 0 Å². The number of imide groups is 1. The number of para-hydroxylation sites is 2. The number of carbonyl (C=O) groups is 4. The molecule has 0 N–H and O–H groups in total. The number of anilines is 2. The molecule has 0 spiro atoms. The predicted octanol–water partition coefficient (Wildman–Crippen LogP) is 3.50. The van der Waals surface area contributed by atoms with E-state index in [4.69, 9.17) is 9.47 Å². The molecule has 1 aliphatic carbocycles. The summed E-state index contributed by atoms with van der Waals surface area (Å²) in [6, 6.07) is 13.6. The van der Waals surface area contributed by atoms with E-state index in [9.17, 15) is 19.2 Å². The van der Waals surface area contributed by atoms with Crippen LogP contribution >= 0.6 is 0 Å². The monoisotopic (exact) mass is 474 g/mol. The van der Waals surface area contributed by atoms with Crippen molar-refractivity contribution in [3.8, 4) is 11.5 Å². The summed E-state index contributed by atoms with van der Waals surface area (Å²) in [6.07, 6.45) is 5.09. The minimum atomic E-state index is -0.616. The molecule has 3 aliphatic rings. The van der Waals surface area contributed by atoms with Gasteiger partial charge in [0.2, 0.25) is 17.7 Å². The Balaban J connectivity index is 1.25. The Bertz CT molecular complexity index is 1180. The molecule has 0 aromatic heterocycles. The highest BCUT2D eigenvalue weighted by atomic mass is 16.5. The number of esters is 1. The van der Waals surface area contributed by atoms with Crippen molar-refractivity contribution in [2.75, 3.05) is 23.0 Å². The molecule has 2 aromatic rings. The maximum atomic E-state index is 12.8.